The van der Waals surface area contributed by atoms with Gasteiger partial charge in [-0.1, -0.05) is 30.0 Å². The number of carbonyl (C=O) groups is 2. The fourth-order valence-corrected chi connectivity index (χ4v) is 8.02. The number of rotatable bonds is 3. The van der Waals surface area contributed by atoms with Crippen molar-refractivity contribution in [2.75, 3.05) is 25.5 Å². The van der Waals surface area contributed by atoms with E-state index in [1.807, 2.05) is 24.1 Å². The van der Waals surface area contributed by atoms with Crippen molar-refractivity contribution < 1.29 is 18.4 Å². The van der Waals surface area contributed by atoms with Crippen LogP contribution in [0.15, 0.2) is 65.4 Å². The Morgan fingerprint density at radius 2 is 2.00 bits per heavy atom. The lowest BCUT2D eigenvalue weighted by atomic mass is 9.72. The zero-order valence-corrected chi connectivity index (χ0v) is 20.6. The Kier molecular flexibility index (Phi) is 4.93. The standard InChI is InChI=1S/C25H21FN4O3S2/c1-28-14-18(19-7-3-4-10-27-19)25(22(32)30(23(34)35-25)13-16-6-5-11-33-16)24(28)17-12-15(26)8-9-20(17)29(2)21(24)31/h3-12,18H,13-14H2,1-2H3/t18-,24+,25-/m0/s1. The van der Waals surface area contributed by atoms with Crippen LogP contribution in [-0.2, 0) is 21.7 Å². The van der Waals surface area contributed by atoms with Crippen molar-refractivity contribution in [2.24, 2.45) is 0 Å². The van der Waals surface area contributed by atoms with Gasteiger partial charge in [0.1, 0.15) is 20.6 Å². The second-order valence-corrected chi connectivity index (χ2v) is 10.9. The Labute approximate surface area is 210 Å². The molecule has 5 heterocycles. The molecule has 0 radical (unpaired) electrons. The summed E-state index contributed by atoms with van der Waals surface area (Å²) in [7, 11) is 3.47. The Bertz CT molecular complexity index is 1370. The quantitative estimate of drug-likeness (QED) is 0.502. The molecule has 10 heteroatoms. The van der Waals surface area contributed by atoms with Crippen LogP contribution >= 0.6 is 24.0 Å². The van der Waals surface area contributed by atoms with Gasteiger partial charge in [-0.25, -0.2) is 4.39 Å². The molecular formula is C25H21FN4O3S2. The monoisotopic (exact) mass is 508 g/mol. The molecule has 0 unspecified atom stereocenters. The molecule has 3 atom stereocenters. The second-order valence-electron chi connectivity index (χ2n) is 9.00. The Morgan fingerprint density at radius 3 is 2.71 bits per heavy atom. The number of halogens is 1. The highest BCUT2D eigenvalue weighted by Crippen LogP contribution is 2.66. The third-order valence-corrected chi connectivity index (χ3v) is 9.29. The lowest BCUT2D eigenvalue weighted by Crippen LogP contribution is -2.62. The van der Waals surface area contributed by atoms with Gasteiger partial charge in [0.05, 0.1) is 12.8 Å². The van der Waals surface area contributed by atoms with Gasteiger partial charge in [-0.2, -0.15) is 0 Å². The number of thioether (sulfide) groups is 1. The topological polar surface area (TPSA) is 69.9 Å². The molecule has 3 aliphatic rings. The van der Waals surface area contributed by atoms with E-state index in [0.717, 1.165) is 0 Å². The number of carbonyl (C=O) groups excluding carboxylic acids is 2. The van der Waals surface area contributed by atoms with Gasteiger partial charge in [0.2, 0.25) is 5.91 Å². The average Bonchev–Trinajstić information content (AvgIpc) is 3.57. The highest BCUT2D eigenvalue weighted by Gasteiger charge is 2.78. The van der Waals surface area contributed by atoms with Crippen molar-refractivity contribution in [3.8, 4) is 0 Å². The summed E-state index contributed by atoms with van der Waals surface area (Å²) in [5.74, 6) is -0.960. The molecule has 2 amide bonds. The van der Waals surface area contributed by atoms with Gasteiger partial charge >= 0.3 is 0 Å². The predicted molar refractivity (Wildman–Crippen MR) is 133 cm³/mol. The fourth-order valence-electron chi connectivity index (χ4n) is 5.91. The van der Waals surface area contributed by atoms with E-state index in [2.05, 4.69) is 4.98 Å². The number of amides is 2. The van der Waals surface area contributed by atoms with Gasteiger partial charge < -0.3 is 9.32 Å². The van der Waals surface area contributed by atoms with E-state index in [9.17, 15) is 14.0 Å². The molecular weight excluding hydrogens is 487 g/mol. The summed E-state index contributed by atoms with van der Waals surface area (Å²) in [6.07, 6.45) is 3.21. The number of hydrogen-bond donors (Lipinski definition) is 0. The number of nitrogens with zero attached hydrogens (tertiary/aromatic N) is 4. The van der Waals surface area contributed by atoms with E-state index in [0.29, 0.717) is 33.6 Å². The Hall–Kier alpha value is -3.08. The minimum absolute atomic E-state index is 0.147. The van der Waals surface area contributed by atoms with E-state index < -0.39 is 22.0 Å². The van der Waals surface area contributed by atoms with Crippen molar-refractivity contribution in [1.29, 1.82) is 0 Å². The van der Waals surface area contributed by atoms with Crippen molar-refractivity contribution in [3.63, 3.8) is 0 Å². The number of benzene rings is 1. The van der Waals surface area contributed by atoms with Gasteiger partial charge in [-0.15, -0.1) is 0 Å². The van der Waals surface area contributed by atoms with Gasteiger partial charge in [-0.3, -0.25) is 24.4 Å². The molecule has 35 heavy (non-hydrogen) atoms. The van der Waals surface area contributed by atoms with Crippen LogP contribution in [-0.4, -0.2) is 56.3 Å². The Balaban J connectivity index is 1.62. The van der Waals surface area contributed by atoms with E-state index in [1.54, 1.807) is 37.5 Å². The molecule has 2 saturated heterocycles. The number of furan rings is 1. The van der Waals surface area contributed by atoms with Crippen molar-refractivity contribution in [1.82, 2.24) is 14.8 Å². The van der Waals surface area contributed by atoms with Crippen molar-refractivity contribution >= 4 is 45.8 Å². The summed E-state index contributed by atoms with van der Waals surface area (Å²) in [4.78, 5) is 38.2. The smallest absolute Gasteiger partial charge is 0.254 e. The average molecular weight is 509 g/mol. The minimum Gasteiger partial charge on any atom is -0.467 e. The first-order valence-electron chi connectivity index (χ1n) is 11.1. The zero-order valence-electron chi connectivity index (χ0n) is 19.0. The largest absolute Gasteiger partial charge is 0.467 e. The van der Waals surface area contributed by atoms with Crippen LogP contribution in [0.1, 0.15) is 22.9 Å². The van der Waals surface area contributed by atoms with Gasteiger partial charge in [0.25, 0.3) is 5.91 Å². The highest BCUT2D eigenvalue weighted by molar-refractivity contribution is 8.25. The second kappa shape index (κ2) is 7.71. The maximum Gasteiger partial charge on any atom is 0.254 e. The fraction of sp³-hybridized carbons (Fsp3) is 0.280. The SMILES string of the molecule is CN1C(=O)[C@@]2(c3cc(F)ccc31)N(C)C[C@@H](c1ccccn1)[C@@]21SC(=S)N(Cc2ccco2)C1=O. The number of likely N-dealkylation sites (N-methyl/N-ethyl adjacent to an activating group) is 2. The third-order valence-electron chi connectivity index (χ3n) is 7.35. The van der Waals surface area contributed by atoms with Gasteiger partial charge in [0.15, 0.2) is 5.54 Å². The molecule has 0 aliphatic carbocycles. The van der Waals surface area contributed by atoms with Gasteiger partial charge in [0, 0.05) is 42.7 Å². The number of thiocarbonyl (C=S) groups is 1. The summed E-state index contributed by atoms with van der Waals surface area (Å²) in [5, 5.41) is 0. The van der Waals surface area contributed by atoms with Crippen LogP contribution in [0.25, 0.3) is 0 Å². The minimum atomic E-state index is -1.47. The van der Waals surface area contributed by atoms with Crippen LogP contribution in [0.3, 0.4) is 0 Å². The van der Waals surface area contributed by atoms with Gasteiger partial charge in [-0.05, 0) is 49.5 Å². The Morgan fingerprint density at radius 1 is 1.17 bits per heavy atom. The molecule has 178 valence electrons. The first-order valence-corrected chi connectivity index (χ1v) is 12.3. The predicted octanol–water partition coefficient (Wildman–Crippen LogP) is 3.51. The maximum atomic E-state index is 14.7. The lowest BCUT2D eigenvalue weighted by Gasteiger charge is -2.42. The molecule has 0 saturated carbocycles. The third kappa shape index (κ3) is 2.75. The maximum absolute atomic E-state index is 14.7. The molecule has 2 spiro atoms. The van der Waals surface area contributed by atoms with Crippen LogP contribution in [0, 0.1) is 5.82 Å². The molecule has 2 fully saturated rings. The number of fused-ring (bicyclic) bond motifs is 3. The molecule has 3 aromatic rings. The number of likely N-dealkylation sites (tertiary alicyclic amines) is 1. The van der Waals surface area contributed by atoms with Crippen molar-refractivity contribution in [2.45, 2.75) is 22.7 Å². The summed E-state index contributed by atoms with van der Waals surface area (Å²) in [5.41, 5.74) is 0.257. The summed E-state index contributed by atoms with van der Waals surface area (Å²) >= 11 is 6.95. The molecule has 0 N–H and O–H groups in total. The highest BCUT2D eigenvalue weighted by atomic mass is 32.2. The zero-order chi connectivity index (χ0) is 24.5. The molecule has 2 aromatic heterocycles. The van der Waals surface area contributed by atoms with Crippen molar-refractivity contribution in [3.05, 3.63) is 83.8 Å². The summed E-state index contributed by atoms with van der Waals surface area (Å²) in [6.45, 7) is 0.511. The van der Waals surface area contributed by atoms with E-state index in [1.165, 1.54) is 40.0 Å². The number of hydrogen-bond acceptors (Lipinski definition) is 7. The van der Waals surface area contributed by atoms with Crippen LogP contribution < -0.4 is 4.90 Å². The normalized spacial score (nSPS) is 28.2. The number of anilines is 1. The molecule has 0 bridgehead atoms. The van der Waals surface area contributed by atoms with Crippen LogP contribution in [0.2, 0.25) is 0 Å². The molecule has 7 nitrogen and oxygen atoms in total. The van der Waals surface area contributed by atoms with Crippen LogP contribution in [0.5, 0.6) is 0 Å². The summed E-state index contributed by atoms with van der Waals surface area (Å²) in [6, 6.07) is 13.4. The van der Waals surface area contributed by atoms with Crippen LogP contribution in [0.4, 0.5) is 10.1 Å². The van der Waals surface area contributed by atoms with E-state index >= 15 is 0 Å². The molecule has 3 aliphatic heterocycles. The van der Waals surface area contributed by atoms with E-state index in [-0.39, 0.29) is 18.4 Å². The summed E-state index contributed by atoms with van der Waals surface area (Å²) < 4.78 is 19.1. The lowest BCUT2D eigenvalue weighted by molar-refractivity contribution is -0.139. The molecule has 1 aromatic carbocycles. The number of pyridine rings is 1. The first kappa shape index (κ1) is 22.4. The van der Waals surface area contributed by atoms with E-state index in [4.69, 9.17) is 16.6 Å². The number of aromatic nitrogens is 1. The molecule has 6 rings (SSSR count). The first-order chi connectivity index (χ1) is 16.8.